The van der Waals surface area contributed by atoms with E-state index in [9.17, 15) is 9.90 Å². The van der Waals surface area contributed by atoms with E-state index in [1.54, 1.807) is 0 Å². The van der Waals surface area contributed by atoms with Gasteiger partial charge in [0.2, 0.25) is 0 Å². The predicted molar refractivity (Wildman–Crippen MR) is 57.7 cm³/mol. The Kier molecular flexibility index (Phi) is 4.11. The number of aliphatic hydroxyl groups excluding tert-OH is 1. The zero-order chi connectivity index (χ0) is 11.5. The molecular formula is C11H21NO3. The number of rotatable bonds is 5. The molecule has 0 spiro atoms. The molecular weight excluding hydrogens is 194 g/mol. The van der Waals surface area contributed by atoms with Crippen LogP contribution in [0.2, 0.25) is 0 Å². The first-order chi connectivity index (χ1) is 6.89. The molecule has 88 valence electrons. The van der Waals surface area contributed by atoms with Crippen molar-refractivity contribution in [3.63, 3.8) is 0 Å². The first-order valence-corrected chi connectivity index (χ1v) is 5.52. The second kappa shape index (κ2) is 4.94. The lowest BCUT2D eigenvalue weighted by Crippen LogP contribution is -2.35. The summed E-state index contributed by atoms with van der Waals surface area (Å²) in [5.41, 5.74) is 0.384. The van der Waals surface area contributed by atoms with Gasteiger partial charge in [-0.25, -0.2) is 0 Å². The highest BCUT2D eigenvalue weighted by molar-refractivity contribution is 5.67. The Morgan fingerprint density at radius 3 is 2.73 bits per heavy atom. The van der Waals surface area contributed by atoms with Crippen molar-refractivity contribution >= 4 is 5.97 Å². The van der Waals surface area contributed by atoms with E-state index in [2.05, 4.69) is 19.2 Å². The molecule has 15 heavy (non-hydrogen) atoms. The minimum Gasteiger partial charge on any atom is -0.481 e. The Bertz CT molecular complexity index is 228. The summed E-state index contributed by atoms with van der Waals surface area (Å²) in [5, 5.41) is 21.1. The molecule has 1 fully saturated rings. The SMILES string of the molecule is CC1(C)CCC(NCC(O)CC(=O)O)C1. The summed E-state index contributed by atoms with van der Waals surface area (Å²) in [6.07, 6.45) is 2.47. The molecule has 0 aromatic carbocycles. The maximum Gasteiger partial charge on any atom is 0.306 e. The van der Waals surface area contributed by atoms with Crippen LogP contribution in [0.25, 0.3) is 0 Å². The molecule has 0 saturated heterocycles. The number of carboxylic acid groups (broad SMARTS) is 1. The molecule has 0 heterocycles. The first-order valence-electron chi connectivity index (χ1n) is 5.52. The van der Waals surface area contributed by atoms with Crippen LogP contribution in [0.15, 0.2) is 0 Å². The summed E-state index contributed by atoms with van der Waals surface area (Å²) in [7, 11) is 0. The van der Waals surface area contributed by atoms with Crippen molar-refractivity contribution < 1.29 is 15.0 Å². The molecule has 1 aliphatic rings. The third-order valence-electron chi connectivity index (χ3n) is 3.02. The van der Waals surface area contributed by atoms with Crippen molar-refractivity contribution in [2.24, 2.45) is 5.41 Å². The van der Waals surface area contributed by atoms with Crippen molar-refractivity contribution in [3.05, 3.63) is 0 Å². The molecule has 1 aliphatic carbocycles. The Balaban J connectivity index is 2.18. The number of aliphatic hydroxyl groups is 1. The summed E-state index contributed by atoms with van der Waals surface area (Å²) >= 11 is 0. The lowest BCUT2D eigenvalue weighted by atomic mass is 9.92. The van der Waals surface area contributed by atoms with E-state index in [4.69, 9.17) is 5.11 Å². The van der Waals surface area contributed by atoms with Crippen LogP contribution in [-0.4, -0.2) is 34.9 Å². The summed E-state index contributed by atoms with van der Waals surface area (Å²) < 4.78 is 0. The third-order valence-corrected chi connectivity index (χ3v) is 3.02. The van der Waals surface area contributed by atoms with Crippen LogP contribution < -0.4 is 5.32 Å². The lowest BCUT2D eigenvalue weighted by Gasteiger charge is -2.19. The summed E-state index contributed by atoms with van der Waals surface area (Å²) in [6.45, 7) is 4.86. The Labute approximate surface area is 90.7 Å². The highest BCUT2D eigenvalue weighted by Crippen LogP contribution is 2.36. The van der Waals surface area contributed by atoms with Crippen LogP contribution in [0.5, 0.6) is 0 Å². The quantitative estimate of drug-likeness (QED) is 0.639. The van der Waals surface area contributed by atoms with Gasteiger partial charge in [-0.05, 0) is 24.7 Å². The summed E-state index contributed by atoms with van der Waals surface area (Å²) in [6, 6.07) is 0.434. The minimum atomic E-state index is -0.948. The van der Waals surface area contributed by atoms with Crippen molar-refractivity contribution in [3.8, 4) is 0 Å². The van der Waals surface area contributed by atoms with E-state index in [1.165, 1.54) is 6.42 Å². The summed E-state index contributed by atoms with van der Waals surface area (Å²) in [4.78, 5) is 10.3. The topological polar surface area (TPSA) is 69.6 Å². The molecule has 1 saturated carbocycles. The number of carbonyl (C=O) groups is 1. The zero-order valence-electron chi connectivity index (χ0n) is 9.49. The van der Waals surface area contributed by atoms with Gasteiger partial charge >= 0.3 is 5.97 Å². The highest BCUT2D eigenvalue weighted by Gasteiger charge is 2.30. The number of nitrogens with one attached hydrogen (secondary N) is 1. The molecule has 0 bridgehead atoms. The fourth-order valence-corrected chi connectivity index (χ4v) is 2.19. The largest absolute Gasteiger partial charge is 0.481 e. The van der Waals surface area contributed by atoms with E-state index < -0.39 is 12.1 Å². The van der Waals surface area contributed by atoms with Gasteiger partial charge in [0.05, 0.1) is 12.5 Å². The molecule has 0 aliphatic heterocycles. The van der Waals surface area contributed by atoms with Crippen LogP contribution in [0.1, 0.15) is 39.5 Å². The third kappa shape index (κ3) is 4.62. The Morgan fingerprint density at radius 1 is 1.60 bits per heavy atom. The Hall–Kier alpha value is -0.610. The van der Waals surface area contributed by atoms with Crippen molar-refractivity contribution in [1.82, 2.24) is 5.32 Å². The normalized spacial score (nSPS) is 26.5. The van der Waals surface area contributed by atoms with Crippen LogP contribution in [-0.2, 0) is 4.79 Å². The molecule has 3 N–H and O–H groups in total. The molecule has 2 unspecified atom stereocenters. The van der Waals surface area contributed by atoms with Crippen molar-refractivity contribution in [2.75, 3.05) is 6.54 Å². The van der Waals surface area contributed by atoms with Gasteiger partial charge in [-0.15, -0.1) is 0 Å². The maximum absolute atomic E-state index is 10.3. The lowest BCUT2D eigenvalue weighted by molar-refractivity contribution is -0.139. The fraction of sp³-hybridized carbons (Fsp3) is 0.909. The monoisotopic (exact) mass is 215 g/mol. The molecule has 2 atom stereocenters. The fourth-order valence-electron chi connectivity index (χ4n) is 2.19. The number of carboxylic acids is 1. The number of hydrogen-bond acceptors (Lipinski definition) is 3. The van der Waals surface area contributed by atoms with Gasteiger partial charge in [-0.1, -0.05) is 13.8 Å². The van der Waals surface area contributed by atoms with Crippen molar-refractivity contribution in [2.45, 2.75) is 51.7 Å². The van der Waals surface area contributed by atoms with E-state index in [1.807, 2.05) is 0 Å². The van der Waals surface area contributed by atoms with Gasteiger partial charge in [0, 0.05) is 12.6 Å². The number of hydrogen-bond donors (Lipinski definition) is 3. The van der Waals surface area contributed by atoms with Crippen LogP contribution in [0.3, 0.4) is 0 Å². The maximum atomic E-state index is 10.3. The summed E-state index contributed by atoms with van der Waals surface area (Å²) in [5.74, 6) is -0.948. The van der Waals surface area contributed by atoms with Gasteiger partial charge in [0.25, 0.3) is 0 Å². The minimum absolute atomic E-state index is 0.177. The van der Waals surface area contributed by atoms with Crippen LogP contribution in [0.4, 0.5) is 0 Å². The van der Waals surface area contributed by atoms with E-state index in [0.717, 1.165) is 12.8 Å². The molecule has 4 nitrogen and oxygen atoms in total. The second-order valence-corrected chi connectivity index (χ2v) is 5.26. The average molecular weight is 215 g/mol. The first kappa shape index (κ1) is 12.5. The molecule has 1 rings (SSSR count). The molecule has 0 aromatic heterocycles. The van der Waals surface area contributed by atoms with Gasteiger partial charge in [-0.2, -0.15) is 0 Å². The highest BCUT2D eigenvalue weighted by atomic mass is 16.4. The van der Waals surface area contributed by atoms with Gasteiger partial charge in [0.1, 0.15) is 0 Å². The van der Waals surface area contributed by atoms with E-state index in [0.29, 0.717) is 18.0 Å². The zero-order valence-corrected chi connectivity index (χ0v) is 9.49. The van der Waals surface area contributed by atoms with Crippen LogP contribution >= 0.6 is 0 Å². The van der Waals surface area contributed by atoms with Crippen molar-refractivity contribution in [1.29, 1.82) is 0 Å². The Morgan fingerprint density at radius 2 is 2.27 bits per heavy atom. The van der Waals surface area contributed by atoms with Gasteiger partial charge in [-0.3, -0.25) is 4.79 Å². The number of aliphatic carboxylic acids is 1. The van der Waals surface area contributed by atoms with E-state index >= 15 is 0 Å². The van der Waals surface area contributed by atoms with Crippen LogP contribution in [0, 0.1) is 5.41 Å². The van der Waals surface area contributed by atoms with E-state index in [-0.39, 0.29) is 6.42 Å². The molecule has 0 aromatic rings. The molecule has 4 heteroatoms. The standard InChI is InChI=1S/C11H21NO3/c1-11(2)4-3-8(6-11)12-7-9(13)5-10(14)15/h8-9,12-13H,3-7H2,1-2H3,(H,14,15). The predicted octanol–water partition coefficient (Wildman–Crippen LogP) is 0.990. The molecule has 0 amide bonds. The van der Waals surface area contributed by atoms with Gasteiger partial charge in [0.15, 0.2) is 0 Å². The average Bonchev–Trinajstić information content (AvgIpc) is 2.41. The second-order valence-electron chi connectivity index (χ2n) is 5.26. The smallest absolute Gasteiger partial charge is 0.306 e. The van der Waals surface area contributed by atoms with Gasteiger partial charge < -0.3 is 15.5 Å². The molecule has 0 radical (unpaired) electrons.